The number of nitrogens with zero attached hydrogens (tertiary/aromatic N) is 1. The van der Waals surface area contributed by atoms with E-state index in [-0.39, 0.29) is 29.9 Å². The van der Waals surface area contributed by atoms with Crippen LogP contribution >= 0.6 is 15.9 Å². The number of fused-ring (bicyclic) bond motifs is 1. The largest absolute Gasteiger partial charge is 0.483 e. The third-order valence-corrected chi connectivity index (χ3v) is 5.64. The number of anilines is 2. The van der Waals surface area contributed by atoms with E-state index in [0.29, 0.717) is 10.9 Å². The van der Waals surface area contributed by atoms with Crippen LogP contribution in [-0.4, -0.2) is 4.57 Å². The second-order valence-corrected chi connectivity index (χ2v) is 8.03. The molecule has 0 radical (unpaired) electrons. The van der Waals surface area contributed by atoms with E-state index in [4.69, 9.17) is 4.74 Å². The summed E-state index contributed by atoms with van der Waals surface area (Å²) in [6.07, 6.45) is 0.670. The maximum Gasteiger partial charge on any atom is 0.288 e. The number of nitrogens with one attached hydrogen (secondary N) is 1. The Kier molecular flexibility index (Phi) is 6.12. The van der Waals surface area contributed by atoms with Crippen molar-refractivity contribution in [3.8, 4) is 5.75 Å². The molecular formula is C21H12BrF7N2O2. The molecule has 0 amide bonds. The number of ether oxygens (including phenoxy) is 1. The zero-order valence-electron chi connectivity index (χ0n) is 16.3. The van der Waals surface area contributed by atoms with Crippen LogP contribution in [-0.2, 0) is 19.6 Å². The predicted octanol–water partition coefficient (Wildman–Crippen LogP) is 5.85. The van der Waals surface area contributed by atoms with Crippen molar-refractivity contribution >= 4 is 27.3 Å². The third-order valence-electron chi connectivity index (χ3n) is 5.14. The summed E-state index contributed by atoms with van der Waals surface area (Å²) < 4.78 is 104. The molecule has 1 aliphatic heterocycles. The standard InChI is InChI=1S/C21H12BrF7N2O2/c22-8-3-4-11(10(23)6-8)30-19-9(12-2-1-5-31(12)21(32)18(19)29)7-33-20-16(27)14(25)13(24)15(26)17(20)28/h3-4,6,30H,1-2,5,7H2. The maximum absolute atomic E-state index is 15.0. The molecule has 12 heteroatoms. The van der Waals surface area contributed by atoms with Gasteiger partial charge in [-0.1, -0.05) is 15.9 Å². The summed E-state index contributed by atoms with van der Waals surface area (Å²) >= 11 is 3.07. The molecule has 2 heterocycles. The lowest BCUT2D eigenvalue weighted by atomic mass is 10.1. The summed E-state index contributed by atoms with van der Waals surface area (Å²) in [6, 6.07) is 3.76. The van der Waals surface area contributed by atoms with Crippen LogP contribution in [0.15, 0.2) is 27.5 Å². The van der Waals surface area contributed by atoms with E-state index in [9.17, 15) is 35.5 Å². The summed E-state index contributed by atoms with van der Waals surface area (Å²) in [7, 11) is 0. The van der Waals surface area contributed by atoms with E-state index < -0.39 is 64.3 Å². The summed E-state index contributed by atoms with van der Waals surface area (Å²) in [5.41, 5.74) is -1.67. The molecule has 0 unspecified atom stereocenters. The van der Waals surface area contributed by atoms with Crippen LogP contribution in [0.4, 0.5) is 42.1 Å². The second-order valence-electron chi connectivity index (χ2n) is 7.11. The SMILES string of the molecule is O=c1c(F)c(Nc2ccc(Br)cc2F)c(COc2c(F)c(F)c(F)c(F)c2F)c2n1CCC2. The van der Waals surface area contributed by atoms with Crippen LogP contribution in [0.1, 0.15) is 17.7 Å². The highest BCUT2D eigenvalue weighted by atomic mass is 79.9. The predicted molar refractivity (Wildman–Crippen MR) is 107 cm³/mol. The molecule has 2 aromatic carbocycles. The summed E-state index contributed by atoms with van der Waals surface area (Å²) in [5, 5.41) is 2.44. The Hall–Kier alpha value is -3.02. The van der Waals surface area contributed by atoms with Crippen LogP contribution in [0.25, 0.3) is 0 Å². The quantitative estimate of drug-likeness (QED) is 0.252. The minimum atomic E-state index is -2.36. The number of hydrogen-bond donors (Lipinski definition) is 1. The van der Waals surface area contributed by atoms with Gasteiger partial charge >= 0.3 is 0 Å². The van der Waals surface area contributed by atoms with Gasteiger partial charge in [-0.2, -0.15) is 13.2 Å². The number of benzene rings is 2. The first kappa shape index (κ1) is 23.1. The molecule has 0 spiro atoms. The van der Waals surface area contributed by atoms with Crippen molar-refractivity contribution in [1.82, 2.24) is 4.57 Å². The van der Waals surface area contributed by atoms with E-state index >= 15 is 0 Å². The Morgan fingerprint density at radius 1 is 0.939 bits per heavy atom. The molecule has 1 aromatic heterocycles. The smallest absolute Gasteiger partial charge is 0.288 e. The Bertz CT molecular complexity index is 1310. The van der Waals surface area contributed by atoms with Gasteiger partial charge in [-0.15, -0.1) is 0 Å². The molecule has 0 fully saturated rings. The Morgan fingerprint density at radius 3 is 2.21 bits per heavy atom. The van der Waals surface area contributed by atoms with Gasteiger partial charge in [-0.05, 0) is 31.0 Å². The lowest BCUT2D eigenvalue weighted by Gasteiger charge is -2.19. The van der Waals surface area contributed by atoms with Crippen molar-refractivity contribution in [1.29, 1.82) is 0 Å². The fourth-order valence-electron chi connectivity index (χ4n) is 3.58. The van der Waals surface area contributed by atoms with Gasteiger partial charge in [0.2, 0.25) is 34.9 Å². The topological polar surface area (TPSA) is 43.3 Å². The summed E-state index contributed by atoms with van der Waals surface area (Å²) in [4.78, 5) is 12.4. The highest BCUT2D eigenvalue weighted by Gasteiger charge is 2.30. The van der Waals surface area contributed by atoms with Crippen LogP contribution in [0.5, 0.6) is 5.75 Å². The van der Waals surface area contributed by atoms with Crippen LogP contribution in [0.3, 0.4) is 0 Å². The Labute approximate surface area is 189 Å². The van der Waals surface area contributed by atoms with Crippen LogP contribution < -0.4 is 15.6 Å². The average Bonchev–Trinajstić information content (AvgIpc) is 3.27. The normalized spacial score (nSPS) is 12.7. The number of hydrogen-bond acceptors (Lipinski definition) is 3. The van der Waals surface area contributed by atoms with Gasteiger partial charge in [0.1, 0.15) is 12.4 Å². The monoisotopic (exact) mass is 536 g/mol. The van der Waals surface area contributed by atoms with E-state index in [1.165, 1.54) is 12.1 Å². The van der Waals surface area contributed by atoms with Crippen LogP contribution in [0.2, 0.25) is 0 Å². The molecular weight excluding hydrogens is 525 g/mol. The molecule has 1 aliphatic rings. The molecule has 4 nitrogen and oxygen atoms in total. The molecule has 0 atom stereocenters. The van der Waals surface area contributed by atoms with E-state index in [1.54, 1.807) is 0 Å². The van der Waals surface area contributed by atoms with Crippen molar-refractivity contribution in [2.24, 2.45) is 0 Å². The number of aromatic nitrogens is 1. The first-order chi connectivity index (χ1) is 15.6. The van der Waals surface area contributed by atoms with Gasteiger partial charge in [-0.3, -0.25) is 4.79 Å². The maximum atomic E-state index is 15.0. The van der Waals surface area contributed by atoms with Crippen LogP contribution in [0, 0.1) is 40.7 Å². The molecule has 0 aliphatic carbocycles. The molecule has 0 saturated carbocycles. The molecule has 3 aromatic rings. The van der Waals surface area contributed by atoms with Crippen molar-refractivity contribution < 1.29 is 35.5 Å². The first-order valence-corrected chi connectivity index (χ1v) is 10.2. The van der Waals surface area contributed by atoms with Crippen molar-refractivity contribution in [3.05, 3.63) is 85.0 Å². The molecule has 1 N–H and O–H groups in total. The number of halogens is 8. The van der Waals surface area contributed by atoms with E-state index in [1.807, 2.05) is 0 Å². The zero-order chi connectivity index (χ0) is 24.0. The lowest BCUT2D eigenvalue weighted by Crippen LogP contribution is -2.26. The number of pyridine rings is 1. The molecule has 174 valence electrons. The van der Waals surface area contributed by atoms with Gasteiger partial charge in [0.25, 0.3) is 5.56 Å². The van der Waals surface area contributed by atoms with Gasteiger partial charge in [0, 0.05) is 22.3 Å². The average molecular weight is 537 g/mol. The molecule has 4 rings (SSSR count). The fourth-order valence-corrected chi connectivity index (χ4v) is 3.91. The molecule has 0 bridgehead atoms. The van der Waals surface area contributed by atoms with Gasteiger partial charge in [0.15, 0.2) is 5.75 Å². The minimum absolute atomic E-state index is 0.129. The summed E-state index contributed by atoms with van der Waals surface area (Å²) in [6.45, 7) is -0.723. The van der Waals surface area contributed by atoms with Gasteiger partial charge in [0.05, 0.1) is 11.4 Å². The summed E-state index contributed by atoms with van der Waals surface area (Å²) in [5.74, 6) is -14.9. The highest BCUT2D eigenvalue weighted by molar-refractivity contribution is 9.10. The van der Waals surface area contributed by atoms with E-state index in [0.717, 1.165) is 10.6 Å². The second kappa shape index (κ2) is 8.73. The fraction of sp³-hybridized carbons (Fsp3) is 0.190. The van der Waals surface area contributed by atoms with E-state index in [2.05, 4.69) is 21.2 Å². The first-order valence-electron chi connectivity index (χ1n) is 9.42. The Balaban J connectivity index is 1.81. The van der Waals surface area contributed by atoms with Crippen molar-refractivity contribution in [2.45, 2.75) is 26.0 Å². The van der Waals surface area contributed by atoms with Gasteiger partial charge < -0.3 is 14.6 Å². The minimum Gasteiger partial charge on any atom is -0.483 e. The van der Waals surface area contributed by atoms with Crippen molar-refractivity contribution in [2.75, 3.05) is 5.32 Å². The van der Waals surface area contributed by atoms with Gasteiger partial charge in [-0.25, -0.2) is 17.6 Å². The molecule has 0 saturated heterocycles. The number of rotatable bonds is 5. The third kappa shape index (κ3) is 3.96. The van der Waals surface area contributed by atoms with Crippen molar-refractivity contribution in [3.63, 3.8) is 0 Å². The Morgan fingerprint density at radius 2 is 1.58 bits per heavy atom. The zero-order valence-corrected chi connectivity index (χ0v) is 17.9. The lowest BCUT2D eigenvalue weighted by molar-refractivity contribution is 0.252. The highest BCUT2D eigenvalue weighted by Crippen LogP contribution is 2.34. The molecule has 33 heavy (non-hydrogen) atoms.